The van der Waals surface area contributed by atoms with Gasteiger partial charge in [0.05, 0.1) is 13.2 Å². The Morgan fingerprint density at radius 2 is 2.28 bits per heavy atom. The molecule has 1 aromatic rings. The average Bonchev–Trinajstić information content (AvgIpc) is 2.36. The molecule has 0 saturated carbocycles. The summed E-state index contributed by atoms with van der Waals surface area (Å²) >= 11 is 0. The molecular formula is C14H21NO3. The van der Waals surface area contributed by atoms with Gasteiger partial charge in [0.1, 0.15) is 6.61 Å². The van der Waals surface area contributed by atoms with Crippen molar-refractivity contribution in [2.75, 3.05) is 20.3 Å². The van der Waals surface area contributed by atoms with Crippen LogP contribution in [0.25, 0.3) is 0 Å². The molecule has 2 N–H and O–H groups in total. The second kappa shape index (κ2) is 7.74. The van der Waals surface area contributed by atoms with E-state index in [0.717, 1.165) is 11.3 Å². The van der Waals surface area contributed by atoms with Crippen LogP contribution in [0.4, 0.5) is 0 Å². The number of hydrogen-bond acceptors (Lipinski definition) is 4. The molecule has 0 heterocycles. The molecule has 100 valence electrons. The van der Waals surface area contributed by atoms with E-state index in [1.54, 1.807) is 20.1 Å². The maximum absolute atomic E-state index is 9.21. The predicted octanol–water partition coefficient (Wildman–Crippen LogP) is 1.73. The Bertz CT molecular complexity index is 377. The first-order valence-corrected chi connectivity index (χ1v) is 5.97. The molecule has 4 heteroatoms. The van der Waals surface area contributed by atoms with E-state index in [9.17, 15) is 5.11 Å². The van der Waals surface area contributed by atoms with Crippen LogP contribution in [0, 0.1) is 0 Å². The van der Waals surface area contributed by atoms with Gasteiger partial charge in [0, 0.05) is 18.7 Å². The minimum atomic E-state index is -0.367. The molecule has 1 unspecified atom stereocenters. The fourth-order valence-electron chi connectivity index (χ4n) is 1.58. The van der Waals surface area contributed by atoms with Crippen molar-refractivity contribution in [1.82, 2.24) is 5.32 Å². The number of para-hydroxylation sites is 1. The van der Waals surface area contributed by atoms with Gasteiger partial charge in [0.15, 0.2) is 11.5 Å². The monoisotopic (exact) mass is 251 g/mol. The van der Waals surface area contributed by atoms with Crippen molar-refractivity contribution >= 4 is 0 Å². The van der Waals surface area contributed by atoms with Gasteiger partial charge in [-0.05, 0) is 13.0 Å². The Hall–Kier alpha value is -1.52. The van der Waals surface area contributed by atoms with Crippen LogP contribution in [0.3, 0.4) is 0 Å². The van der Waals surface area contributed by atoms with Gasteiger partial charge in [0.2, 0.25) is 0 Å². The smallest absolute Gasteiger partial charge is 0.166 e. The van der Waals surface area contributed by atoms with Gasteiger partial charge in [-0.3, -0.25) is 0 Å². The Labute approximate surface area is 108 Å². The summed E-state index contributed by atoms with van der Waals surface area (Å²) in [6.07, 6.45) is 1.33. The highest BCUT2D eigenvalue weighted by Gasteiger charge is 2.10. The van der Waals surface area contributed by atoms with Crippen molar-refractivity contribution in [1.29, 1.82) is 0 Å². The van der Waals surface area contributed by atoms with Gasteiger partial charge in [-0.1, -0.05) is 24.8 Å². The first kappa shape index (κ1) is 14.5. The van der Waals surface area contributed by atoms with E-state index in [1.807, 2.05) is 18.2 Å². The molecule has 4 nitrogen and oxygen atoms in total. The lowest BCUT2D eigenvalue weighted by Gasteiger charge is -2.15. The third kappa shape index (κ3) is 4.39. The molecule has 0 radical (unpaired) electrons. The van der Waals surface area contributed by atoms with E-state index in [2.05, 4.69) is 11.9 Å². The molecule has 0 aliphatic heterocycles. The summed E-state index contributed by atoms with van der Waals surface area (Å²) < 4.78 is 10.9. The Kier molecular flexibility index (Phi) is 6.25. The lowest BCUT2D eigenvalue weighted by atomic mass is 10.2. The van der Waals surface area contributed by atoms with E-state index < -0.39 is 0 Å². The lowest BCUT2D eigenvalue weighted by Crippen LogP contribution is -2.24. The molecule has 0 saturated heterocycles. The molecule has 18 heavy (non-hydrogen) atoms. The highest BCUT2D eigenvalue weighted by Crippen LogP contribution is 2.30. The predicted molar refractivity (Wildman–Crippen MR) is 72.1 cm³/mol. The highest BCUT2D eigenvalue weighted by molar-refractivity contribution is 5.46. The second-order valence-corrected chi connectivity index (χ2v) is 4.03. The minimum absolute atomic E-state index is 0.367. The van der Waals surface area contributed by atoms with E-state index in [-0.39, 0.29) is 6.10 Å². The van der Waals surface area contributed by atoms with Crippen LogP contribution in [0.15, 0.2) is 30.9 Å². The molecule has 0 bridgehead atoms. The second-order valence-electron chi connectivity index (χ2n) is 4.03. The number of hydrogen-bond donors (Lipinski definition) is 2. The summed E-state index contributed by atoms with van der Waals surface area (Å²) in [4.78, 5) is 0. The molecule has 0 fully saturated rings. The lowest BCUT2D eigenvalue weighted by molar-refractivity contribution is 0.190. The third-order valence-electron chi connectivity index (χ3n) is 2.38. The fourth-order valence-corrected chi connectivity index (χ4v) is 1.58. The first-order valence-electron chi connectivity index (χ1n) is 5.97. The number of benzene rings is 1. The number of nitrogens with one attached hydrogen (secondary N) is 1. The van der Waals surface area contributed by atoms with Gasteiger partial charge < -0.3 is 19.9 Å². The number of ether oxygens (including phenoxy) is 2. The molecule has 0 aliphatic carbocycles. The van der Waals surface area contributed by atoms with Crippen molar-refractivity contribution in [2.45, 2.75) is 19.6 Å². The summed E-state index contributed by atoms with van der Waals surface area (Å²) in [5, 5.41) is 12.4. The number of rotatable bonds is 8. The van der Waals surface area contributed by atoms with Crippen LogP contribution >= 0.6 is 0 Å². The van der Waals surface area contributed by atoms with E-state index in [0.29, 0.717) is 25.4 Å². The first-order chi connectivity index (χ1) is 8.69. The molecule has 1 aromatic carbocycles. The standard InChI is InChI=1S/C14H21NO3/c1-4-8-18-14-12(10-15-9-11(2)16)6-5-7-13(14)17-3/h4-7,11,15-16H,1,8-10H2,2-3H3. The maximum atomic E-state index is 9.21. The molecule has 0 aromatic heterocycles. The number of aliphatic hydroxyl groups is 1. The quantitative estimate of drug-likeness (QED) is 0.691. The molecule has 1 atom stereocenters. The summed E-state index contributed by atoms with van der Waals surface area (Å²) in [5.41, 5.74) is 0.997. The fraction of sp³-hybridized carbons (Fsp3) is 0.429. The van der Waals surface area contributed by atoms with Crippen LogP contribution in [-0.2, 0) is 6.54 Å². The normalized spacial score (nSPS) is 11.9. The molecule has 0 aliphatic rings. The maximum Gasteiger partial charge on any atom is 0.166 e. The third-order valence-corrected chi connectivity index (χ3v) is 2.38. The minimum Gasteiger partial charge on any atom is -0.493 e. The SMILES string of the molecule is C=CCOc1c(CNCC(C)O)cccc1OC. The van der Waals surface area contributed by atoms with Gasteiger partial charge >= 0.3 is 0 Å². The average molecular weight is 251 g/mol. The van der Waals surface area contributed by atoms with Crippen molar-refractivity contribution < 1.29 is 14.6 Å². The van der Waals surface area contributed by atoms with Gasteiger partial charge in [-0.15, -0.1) is 0 Å². The highest BCUT2D eigenvalue weighted by atomic mass is 16.5. The van der Waals surface area contributed by atoms with Crippen LogP contribution in [0.2, 0.25) is 0 Å². The van der Waals surface area contributed by atoms with Gasteiger partial charge in [0.25, 0.3) is 0 Å². The Morgan fingerprint density at radius 1 is 1.50 bits per heavy atom. The van der Waals surface area contributed by atoms with Crippen LogP contribution in [0.1, 0.15) is 12.5 Å². The Balaban J connectivity index is 2.77. The van der Waals surface area contributed by atoms with E-state index in [4.69, 9.17) is 9.47 Å². The number of methoxy groups -OCH3 is 1. The largest absolute Gasteiger partial charge is 0.493 e. The molecule has 0 amide bonds. The van der Waals surface area contributed by atoms with E-state index >= 15 is 0 Å². The molecule has 0 spiro atoms. The topological polar surface area (TPSA) is 50.7 Å². The van der Waals surface area contributed by atoms with Crippen molar-refractivity contribution in [3.8, 4) is 11.5 Å². The summed E-state index contributed by atoms with van der Waals surface area (Å²) in [6.45, 7) is 6.97. The van der Waals surface area contributed by atoms with Crippen LogP contribution < -0.4 is 14.8 Å². The zero-order chi connectivity index (χ0) is 13.4. The van der Waals surface area contributed by atoms with Gasteiger partial charge in [-0.2, -0.15) is 0 Å². The molecule has 1 rings (SSSR count). The van der Waals surface area contributed by atoms with Crippen molar-refractivity contribution in [3.63, 3.8) is 0 Å². The molecular weight excluding hydrogens is 230 g/mol. The van der Waals surface area contributed by atoms with Crippen molar-refractivity contribution in [2.24, 2.45) is 0 Å². The number of aliphatic hydroxyl groups excluding tert-OH is 1. The Morgan fingerprint density at radius 3 is 2.89 bits per heavy atom. The van der Waals surface area contributed by atoms with Crippen LogP contribution in [0.5, 0.6) is 11.5 Å². The summed E-state index contributed by atoms with van der Waals surface area (Å²) in [6, 6.07) is 5.74. The summed E-state index contributed by atoms with van der Waals surface area (Å²) in [7, 11) is 1.61. The van der Waals surface area contributed by atoms with Crippen LogP contribution in [-0.4, -0.2) is 31.5 Å². The summed E-state index contributed by atoms with van der Waals surface area (Å²) in [5.74, 6) is 1.42. The van der Waals surface area contributed by atoms with E-state index in [1.165, 1.54) is 0 Å². The van der Waals surface area contributed by atoms with Gasteiger partial charge in [-0.25, -0.2) is 0 Å². The zero-order valence-corrected chi connectivity index (χ0v) is 11.0. The zero-order valence-electron chi connectivity index (χ0n) is 11.0. The van der Waals surface area contributed by atoms with Crippen molar-refractivity contribution in [3.05, 3.63) is 36.4 Å².